The number of hydrogen-bond acceptors (Lipinski definition) is 1. The van der Waals surface area contributed by atoms with Crippen LogP contribution in [0.5, 0.6) is 0 Å². The van der Waals surface area contributed by atoms with Crippen LogP contribution in [-0.2, 0) is 0 Å². The third kappa shape index (κ3) is 5.53. The van der Waals surface area contributed by atoms with Gasteiger partial charge in [-0.1, -0.05) is 146 Å². The van der Waals surface area contributed by atoms with Crippen molar-refractivity contribution in [1.29, 1.82) is 0 Å². The summed E-state index contributed by atoms with van der Waals surface area (Å²) in [5.74, 6) is 0. The first kappa shape index (κ1) is 29.5. The van der Waals surface area contributed by atoms with Gasteiger partial charge in [0.25, 0.3) is 0 Å². The average molecular weight is 639 g/mol. The smallest absolute Gasteiger partial charge is 0.0541 e. The van der Waals surface area contributed by atoms with Crippen molar-refractivity contribution in [3.05, 3.63) is 200 Å². The molecule has 1 aromatic heterocycles. The molecule has 1 N–H and O–H groups in total. The highest BCUT2D eigenvalue weighted by Gasteiger charge is 2.15. The summed E-state index contributed by atoms with van der Waals surface area (Å²) < 4.78 is 2.37. The lowest BCUT2D eigenvalue weighted by Gasteiger charge is -2.17. The molecule has 0 bridgehead atoms. The summed E-state index contributed by atoms with van der Waals surface area (Å²) in [6.45, 7) is 0. The Kier molecular flexibility index (Phi) is 7.53. The third-order valence-electron chi connectivity index (χ3n) is 9.55. The standard InChI is InChI=1S/C48H34N2/c1-5-15-34(16-6-1)39-29-40(35-17-7-2-8-18-35)31-41(30-39)49-46-33-38(25-27-43(46)36-19-9-3-10-20-36)37-26-28-48-45(32-37)44-23-13-14-24-47(44)50(48)42-21-11-4-12-22-42/h1-33,49H. The predicted octanol–water partition coefficient (Wildman–Crippen LogP) is 13.2. The lowest BCUT2D eigenvalue weighted by atomic mass is 9.96. The van der Waals surface area contributed by atoms with Crippen molar-refractivity contribution >= 4 is 33.2 Å². The number of nitrogens with one attached hydrogen (secondary N) is 1. The van der Waals surface area contributed by atoms with Crippen LogP contribution >= 0.6 is 0 Å². The molecule has 9 aromatic rings. The number of para-hydroxylation sites is 2. The second kappa shape index (κ2) is 12.8. The Morgan fingerprint density at radius 1 is 0.320 bits per heavy atom. The van der Waals surface area contributed by atoms with Crippen LogP contribution in [0, 0.1) is 0 Å². The van der Waals surface area contributed by atoms with Gasteiger partial charge in [-0.3, -0.25) is 0 Å². The Morgan fingerprint density at radius 2 is 0.840 bits per heavy atom. The van der Waals surface area contributed by atoms with Crippen LogP contribution in [0.3, 0.4) is 0 Å². The van der Waals surface area contributed by atoms with E-state index >= 15 is 0 Å². The van der Waals surface area contributed by atoms with Gasteiger partial charge in [0.1, 0.15) is 0 Å². The Labute approximate surface area is 292 Å². The van der Waals surface area contributed by atoms with Crippen molar-refractivity contribution in [3.8, 4) is 50.2 Å². The molecule has 0 unspecified atom stereocenters. The maximum atomic E-state index is 3.89. The first-order chi connectivity index (χ1) is 24.8. The van der Waals surface area contributed by atoms with Crippen molar-refractivity contribution in [2.24, 2.45) is 0 Å². The number of benzene rings is 8. The summed E-state index contributed by atoms with van der Waals surface area (Å²) in [5, 5.41) is 6.38. The SMILES string of the molecule is c1ccc(-c2cc(Nc3cc(-c4ccc5c(c4)c4ccccc4n5-c4ccccc4)ccc3-c3ccccc3)cc(-c3ccccc3)c2)cc1. The topological polar surface area (TPSA) is 17.0 Å². The highest BCUT2D eigenvalue weighted by Crippen LogP contribution is 2.39. The van der Waals surface area contributed by atoms with E-state index in [4.69, 9.17) is 0 Å². The summed E-state index contributed by atoms with van der Waals surface area (Å²) in [6, 6.07) is 71.7. The van der Waals surface area contributed by atoms with Gasteiger partial charge in [-0.25, -0.2) is 0 Å². The fraction of sp³-hybridized carbons (Fsp3) is 0. The molecule has 0 radical (unpaired) electrons. The zero-order chi connectivity index (χ0) is 33.3. The quantitative estimate of drug-likeness (QED) is 0.184. The van der Waals surface area contributed by atoms with Crippen LogP contribution in [0.2, 0.25) is 0 Å². The van der Waals surface area contributed by atoms with E-state index in [2.05, 4.69) is 210 Å². The van der Waals surface area contributed by atoms with E-state index in [1.165, 1.54) is 55.2 Å². The Hall–Kier alpha value is -6.64. The molecule has 9 rings (SSSR count). The van der Waals surface area contributed by atoms with Crippen molar-refractivity contribution in [2.45, 2.75) is 0 Å². The molecule has 0 fully saturated rings. The molecule has 0 saturated carbocycles. The van der Waals surface area contributed by atoms with Gasteiger partial charge < -0.3 is 9.88 Å². The van der Waals surface area contributed by atoms with E-state index in [9.17, 15) is 0 Å². The molecule has 0 aliphatic carbocycles. The van der Waals surface area contributed by atoms with E-state index in [1.807, 2.05) is 0 Å². The largest absolute Gasteiger partial charge is 0.355 e. The monoisotopic (exact) mass is 638 g/mol. The summed E-state index contributed by atoms with van der Waals surface area (Å²) in [7, 11) is 0. The maximum absolute atomic E-state index is 3.89. The van der Waals surface area contributed by atoms with Crippen LogP contribution in [-0.4, -0.2) is 4.57 Å². The van der Waals surface area contributed by atoms with Crippen molar-refractivity contribution in [1.82, 2.24) is 4.57 Å². The van der Waals surface area contributed by atoms with E-state index in [0.29, 0.717) is 0 Å². The average Bonchev–Trinajstić information content (AvgIpc) is 3.53. The van der Waals surface area contributed by atoms with Crippen molar-refractivity contribution < 1.29 is 0 Å². The first-order valence-electron chi connectivity index (χ1n) is 17.1. The second-order valence-corrected chi connectivity index (χ2v) is 12.7. The summed E-state index contributed by atoms with van der Waals surface area (Å²) in [4.78, 5) is 0. The highest BCUT2D eigenvalue weighted by molar-refractivity contribution is 6.10. The van der Waals surface area contributed by atoms with Crippen LogP contribution in [0.4, 0.5) is 11.4 Å². The van der Waals surface area contributed by atoms with Crippen molar-refractivity contribution in [2.75, 3.05) is 5.32 Å². The maximum Gasteiger partial charge on any atom is 0.0541 e. The molecule has 0 amide bonds. The van der Waals surface area contributed by atoms with E-state index in [1.54, 1.807) is 0 Å². The normalized spacial score (nSPS) is 11.2. The molecule has 0 aliphatic heterocycles. The number of anilines is 2. The zero-order valence-electron chi connectivity index (χ0n) is 27.5. The molecule has 0 aliphatic rings. The van der Waals surface area contributed by atoms with E-state index in [-0.39, 0.29) is 0 Å². The van der Waals surface area contributed by atoms with Crippen LogP contribution in [0.1, 0.15) is 0 Å². The minimum atomic E-state index is 1.04. The number of aromatic nitrogens is 1. The van der Waals surface area contributed by atoms with Gasteiger partial charge >= 0.3 is 0 Å². The number of rotatable bonds is 7. The van der Waals surface area contributed by atoms with Gasteiger partial charge in [-0.15, -0.1) is 0 Å². The van der Waals surface area contributed by atoms with Crippen LogP contribution in [0.15, 0.2) is 200 Å². The van der Waals surface area contributed by atoms with E-state index < -0.39 is 0 Å². The lowest BCUT2D eigenvalue weighted by molar-refractivity contribution is 1.18. The van der Waals surface area contributed by atoms with Crippen molar-refractivity contribution in [3.63, 3.8) is 0 Å². The Balaban J connectivity index is 1.19. The molecule has 1 heterocycles. The molecule has 0 atom stereocenters. The highest BCUT2D eigenvalue weighted by atomic mass is 15.0. The third-order valence-corrected chi connectivity index (χ3v) is 9.55. The molecular formula is C48H34N2. The van der Waals surface area contributed by atoms with Crippen LogP contribution < -0.4 is 5.32 Å². The van der Waals surface area contributed by atoms with Gasteiger partial charge in [0.15, 0.2) is 0 Å². The predicted molar refractivity (Wildman–Crippen MR) is 212 cm³/mol. The molecule has 2 heteroatoms. The summed E-state index contributed by atoms with van der Waals surface area (Å²) in [5.41, 5.74) is 15.1. The number of nitrogens with zero attached hydrogens (tertiary/aromatic N) is 1. The van der Waals surface area contributed by atoms with Gasteiger partial charge in [0.2, 0.25) is 0 Å². The Morgan fingerprint density at radius 3 is 1.50 bits per heavy atom. The minimum absolute atomic E-state index is 1.04. The molecular weight excluding hydrogens is 605 g/mol. The fourth-order valence-corrected chi connectivity index (χ4v) is 7.15. The van der Waals surface area contributed by atoms with Gasteiger partial charge in [-0.05, 0) is 93.5 Å². The molecule has 8 aromatic carbocycles. The lowest BCUT2D eigenvalue weighted by Crippen LogP contribution is -1.96. The number of fused-ring (bicyclic) bond motifs is 3. The van der Waals surface area contributed by atoms with Gasteiger partial charge in [0.05, 0.1) is 11.0 Å². The minimum Gasteiger partial charge on any atom is -0.355 e. The summed E-state index contributed by atoms with van der Waals surface area (Å²) in [6.07, 6.45) is 0. The van der Waals surface area contributed by atoms with Crippen LogP contribution in [0.25, 0.3) is 72.0 Å². The fourth-order valence-electron chi connectivity index (χ4n) is 7.15. The molecule has 50 heavy (non-hydrogen) atoms. The Bertz CT molecular complexity index is 2530. The summed E-state index contributed by atoms with van der Waals surface area (Å²) >= 11 is 0. The van der Waals surface area contributed by atoms with E-state index in [0.717, 1.165) is 28.2 Å². The first-order valence-corrected chi connectivity index (χ1v) is 17.1. The second-order valence-electron chi connectivity index (χ2n) is 12.7. The molecule has 0 spiro atoms. The van der Waals surface area contributed by atoms with Gasteiger partial charge in [-0.2, -0.15) is 0 Å². The molecule has 2 nitrogen and oxygen atoms in total. The zero-order valence-corrected chi connectivity index (χ0v) is 27.5. The van der Waals surface area contributed by atoms with Gasteiger partial charge in [0, 0.05) is 33.4 Å². The molecule has 0 saturated heterocycles. The molecule has 236 valence electrons. The number of hydrogen-bond donors (Lipinski definition) is 1.